The Labute approximate surface area is 276 Å². The number of fused-ring (bicyclic) bond motifs is 1. The van der Waals surface area contributed by atoms with Gasteiger partial charge in [-0.25, -0.2) is 0 Å². The molecule has 2 aromatic carbocycles. The van der Waals surface area contributed by atoms with Crippen LogP contribution in [0.2, 0.25) is 10.0 Å². The smallest absolute Gasteiger partial charge is 0.362 e. The van der Waals surface area contributed by atoms with Gasteiger partial charge in [0.25, 0.3) is 5.56 Å². The lowest BCUT2D eigenvalue weighted by Gasteiger charge is -2.21. The van der Waals surface area contributed by atoms with Crippen LogP contribution in [-0.4, -0.2) is 62.9 Å². The van der Waals surface area contributed by atoms with Crippen molar-refractivity contribution >= 4 is 70.9 Å². The summed E-state index contributed by atoms with van der Waals surface area (Å²) in [6, 6.07) is 7.54. The molecule has 0 radical (unpaired) electrons. The standard InChI is InChI=1S/C15H22N2O3.C14H7Cl3F2N2O3S/c1-16-9-12-7-14(15(20-3)8-13(12)10-16)17(11-18)5-4-6-19-2;15-7-2-1-5(12(20)23)10(16)11(7)25-8-3-9(14(17,18)19)21-13(24)6(8)4-22/h7-8,11H,4-6,9-10H2,1-3H3;1-4H,(H2,20,23)(H,21,24). The zero-order valence-corrected chi connectivity index (χ0v) is 27.4. The van der Waals surface area contributed by atoms with Crippen LogP contribution in [0.25, 0.3) is 0 Å². The number of alkyl halides is 3. The van der Waals surface area contributed by atoms with E-state index in [2.05, 4.69) is 18.0 Å². The number of nitrogens with zero attached hydrogens (tertiary/aromatic N) is 2. The molecule has 4 rings (SSSR count). The first kappa shape index (κ1) is 36.3. The number of aromatic amines is 1. The highest BCUT2D eigenvalue weighted by Crippen LogP contribution is 2.42. The molecule has 0 spiro atoms. The monoisotopic (exact) mass is 704 g/mol. The number of aromatic nitrogens is 1. The summed E-state index contributed by atoms with van der Waals surface area (Å²) in [6.07, 6.45) is 1.85. The third kappa shape index (κ3) is 8.96. The SMILES string of the molecule is COCCCN(C=O)c1cc2c(cc1OC)CN(C)C2.NC(=O)c1ccc(Cl)c(Sc2cc(C(F)(F)Cl)[nH]c(=O)c2C=O)c1Cl. The number of aldehydes is 1. The van der Waals surface area contributed by atoms with Crippen LogP contribution < -0.4 is 20.9 Å². The predicted octanol–water partition coefficient (Wildman–Crippen LogP) is 5.67. The lowest BCUT2D eigenvalue weighted by Crippen LogP contribution is -2.24. The van der Waals surface area contributed by atoms with E-state index in [1.807, 2.05) is 11.1 Å². The average molecular weight is 706 g/mol. The van der Waals surface area contributed by atoms with Crippen LogP contribution in [0.4, 0.5) is 14.5 Å². The maximum Gasteiger partial charge on any atom is 0.362 e. The predicted molar refractivity (Wildman–Crippen MR) is 169 cm³/mol. The van der Waals surface area contributed by atoms with E-state index >= 15 is 0 Å². The minimum absolute atomic E-state index is 0.0612. The minimum atomic E-state index is -3.86. The van der Waals surface area contributed by atoms with Crippen molar-refractivity contribution in [3.63, 3.8) is 0 Å². The number of halogens is 5. The number of hydrogen-bond donors (Lipinski definition) is 2. The molecule has 2 heterocycles. The molecule has 3 N–H and O–H groups in total. The van der Waals surface area contributed by atoms with E-state index in [4.69, 9.17) is 50.0 Å². The van der Waals surface area contributed by atoms with Crippen LogP contribution in [0.1, 0.15) is 44.0 Å². The summed E-state index contributed by atoms with van der Waals surface area (Å²) in [6.45, 7) is 3.11. The third-order valence-corrected chi connectivity index (χ3v) is 8.87. The van der Waals surface area contributed by atoms with Gasteiger partial charge in [-0.3, -0.25) is 24.1 Å². The van der Waals surface area contributed by atoms with Crippen LogP contribution in [0, 0.1) is 0 Å². The van der Waals surface area contributed by atoms with Gasteiger partial charge in [0.1, 0.15) is 11.4 Å². The van der Waals surface area contributed by atoms with Gasteiger partial charge in [0.05, 0.1) is 38.9 Å². The van der Waals surface area contributed by atoms with Crippen molar-refractivity contribution in [2.75, 3.05) is 39.3 Å². The molecule has 0 unspecified atom stereocenters. The third-order valence-electron chi connectivity index (χ3n) is 6.55. The molecule has 2 amide bonds. The topological polar surface area (TPSA) is 135 Å². The number of carbonyl (C=O) groups is 3. The van der Waals surface area contributed by atoms with Gasteiger partial charge in [0.2, 0.25) is 12.3 Å². The molecule has 1 aromatic heterocycles. The van der Waals surface area contributed by atoms with Crippen LogP contribution in [-0.2, 0) is 28.0 Å². The van der Waals surface area contributed by atoms with E-state index in [1.165, 1.54) is 23.3 Å². The number of nitrogens with two attached hydrogens (primary N) is 1. The molecule has 1 aliphatic rings. The number of nitrogens with one attached hydrogen (secondary N) is 1. The molecule has 0 bridgehead atoms. The number of methoxy groups -OCH3 is 2. The first-order valence-corrected chi connectivity index (χ1v) is 15.0. The van der Waals surface area contributed by atoms with Gasteiger partial charge in [0, 0.05) is 38.2 Å². The van der Waals surface area contributed by atoms with Gasteiger partial charge >= 0.3 is 5.38 Å². The van der Waals surface area contributed by atoms with Gasteiger partial charge in [-0.15, -0.1) is 0 Å². The van der Waals surface area contributed by atoms with E-state index in [-0.39, 0.29) is 31.7 Å². The summed E-state index contributed by atoms with van der Waals surface area (Å²) in [7, 11) is 5.39. The molecule has 10 nitrogen and oxygen atoms in total. The zero-order chi connectivity index (χ0) is 33.5. The van der Waals surface area contributed by atoms with Gasteiger partial charge in [-0.05, 0) is 66.5 Å². The maximum atomic E-state index is 13.3. The number of carbonyl (C=O) groups excluding carboxylic acids is 3. The van der Waals surface area contributed by atoms with Gasteiger partial charge in [0.15, 0.2) is 6.29 Å². The Balaban J connectivity index is 0.000000251. The number of primary amides is 1. The van der Waals surface area contributed by atoms with Crippen molar-refractivity contribution in [3.8, 4) is 5.75 Å². The molecule has 0 atom stereocenters. The molecule has 16 heteroatoms. The second-order valence-corrected chi connectivity index (χ2v) is 12.0. The fourth-order valence-electron chi connectivity index (χ4n) is 4.40. The molecule has 0 fully saturated rings. The Morgan fingerprint density at radius 2 is 1.84 bits per heavy atom. The molecule has 1 aliphatic heterocycles. The summed E-state index contributed by atoms with van der Waals surface area (Å²) >= 11 is 17.7. The average Bonchev–Trinajstić information content (AvgIpc) is 3.35. The van der Waals surface area contributed by atoms with E-state index in [9.17, 15) is 28.0 Å². The summed E-state index contributed by atoms with van der Waals surface area (Å²) < 4.78 is 37.1. The second kappa shape index (κ2) is 15.9. The van der Waals surface area contributed by atoms with Gasteiger partial charge in [-0.2, -0.15) is 8.78 Å². The van der Waals surface area contributed by atoms with E-state index < -0.39 is 28.1 Å². The molecular weight excluding hydrogens is 677 g/mol. The number of amides is 2. The molecular formula is C29H29Cl3F2N4O6S. The minimum Gasteiger partial charge on any atom is -0.495 e. The van der Waals surface area contributed by atoms with Crippen LogP contribution >= 0.6 is 46.6 Å². The highest BCUT2D eigenvalue weighted by atomic mass is 35.5. The Hall–Kier alpha value is -3.20. The number of hydrogen-bond acceptors (Lipinski definition) is 8. The summed E-state index contributed by atoms with van der Waals surface area (Å²) in [5.74, 6) is -0.0819. The first-order valence-electron chi connectivity index (χ1n) is 13.1. The molecule has 45 heavy (non-hydrogen) atoms. The van der Waals surface area contributed by atoms with Gasteiger partial charge < -0.3 is 25.1 Å². The Morgan fingerprint density at radius 1 is 1.18 bits per heavy atom. The number of rotatable bonds is 12. The normalized spacial score (nSPS) is 12.6. The number of pyridine rings is 1. The van der Waals surface area contributed by atoms with Crippen molar-refractivity contribution < 1.29 is 32.6 Å². The van der Waals surface area contributed by atoms with Gasteiger partial charge in [-0.1, -0.05) is 35.0 Å². The lowest BCUT2D eigenvalue weighted by atomic mass is 10.1. The first-order chi connectivity index (χ1) is 21.2. The zero-order valence-electron chi connectivity index (χ0n) is 24.3. The molecule has 242 valence electrons. The molecule has 0 saturated heterocycles. The Kier molecular flexibility index (Phi) is 12.8. The van der Waals surface area contributed by atoms with Crippen LogP contribution in [0.15, 0.2) is 44.9 Å². The van der Waals surface area contributed by atoms with Crippen LogP contribution in [0.5, 0.6) is 5.75 Å². The molecule has 3 aromatic rings. The fourth-order valence-corrected chi connectivity index (χ4v) is 6.21. The second-order valence-electron chi connectivity index (χ2n) is 9.72. The van der Waals surface area contributed by atoms with E-state index in [1.54, 1.807) is 19.1 Å². The van der Waals surface area contributed by atoms with E-state index in [0.29, 0.717) is 24.9 Å². The molecule has 0 aliphatic carbocycles. The largest absolute Gasteiger partial charge is 0.495 e. The van der Waals surface area contributed by atoms with Crippen molar-refractivity contribution in [1.29, 1.82) is 0 Å². The molecule has 0 saturated carbocycles. The van der Waals surface area contributed by atoms with Crippen molar-refractivity contribution in [3.05, 3.63) is 78.7 Å². The van der Waals surface area contributed by atoms with Crippen molar-refractivity contribution in [2.45, 2.75) is 34.7 Å². The maximum absolute atomic E-state index is 13.3. The summed E-state index contributed by atoms with van der Waals surface area (Å²) in [5, 5.41) is -3.93. The highest BCUT2D eigenvalue weighted by Gasteiger charge is 2.31. The van der Waals surface area contributed by atoms with Crippen LogP contribution in [0.3, 0.4) is 0 Å². The van der Waals surface area contributed by atoms with Crippen molar-refractivity contribution in [1.82, 2.24) is 9.88 Å². The number of anilines is 1. The Bertz CT molecular complexity index is 1640. The summed E-state index contributed by atoms with van der Waals surface area (Å²) in [4.78, 5) is 51.4. The quantitative estimate of drug-likeness (QED) is 0.140. The lowest BCUT2D eigenvalue weighted by molar-refractivity contribution is -0.107. The fraction of sp³-hybridized carbons (Fsp3) is 0.310. The Morgan fingerprint density at radius 3 is 2.40 bits per heavy atom. The van der Waals surface area contributed by atoms with E-state index in [0.717, 1.165) is 43.4 Å². The highest BCUT2D eigenvalue weighted by molar-refractivity contribution is 7.99. The number of ether oxygens (including phenoxy) is 2. The number of H-pyrrole nitrogens is 1. The number of benzene rings is 2. The summed E-state index contributed by atoms with van der Waals surface area (Å²) in [5.41, 5.74) is 6.11. The van der Waals surface area contributed by atoms with Crippen molar-refractivity contribution in [2.24, 2.45) is 5.73 Å².